The average molecular weight is 195 g/mol. The van der Waals surface area contributed by atoms with E-state index in [9.17, 15) is 4.79 Å². The first-order chi connectivity index (χ1) is 6.27. The molecule has 66 valence electrons. The van der Waals surface area contributed by atoms with Gasteiger partial charge in [0.15, 0.2) is 5.82 Å². The van der Waals surface area contributed by atoms with Gasteiger partial charge in [-0.3, -0.25) is 0 Å². The van der Waals surface area contributed by atoms with Crippen LogP contribution < -0.4 is 0 Å². The van der Waals surface area contributed by atoms with Crippen molar-refractivity contribution in [1.82, 2.24) is 14.8 Å². The Morgan fingerprint density at radius 1 is 1.62 bits per heavy atom. The fraction of sp³-hybridized carbons (Fsp3) is 0. The van der Waals surface area contributed by atoms with Gasteiger partial charge in [0.25, 0.3) is 0 Å². The summed E-state index contributed by atoms with van der Waals surface area (Å²) in [5, 5.41) is 14.3. The summed E-state index contributed by atoms with van der Waals surface area (Å²) in [5.74, 6) is -0.348. The van der Waals surface area contributed by atoms with E-state index in [0.717, 1.165) is 0 Å². The summed E-state index contributed by atoms with van der Waals surface area (Å²) in [7, 11) is 0. The zero-order valence-corrected chi connectivity index (χ0v) is 7.23. The van der Waals surface area contributed by atoms with Gasteiger partial charge in [0.1, 0.15) is 0 Å². The summed E-state index contributed by atoms with van der Waals surface area (Å²) in [6.07, 6.45) is 2.72. The van der Waals surface area contributed by atoms with Crippen molar-refractivity contribution in [3.05, 3.63) is 28.8 Å². The van der Waals surface area contributed by atoms with Gasteiger partial charge in [-0.05, 0) is 0 Å². The van der Waals surface area contributed by atoms with Gasteiger partial charge in [-0.15, -0.1) is 11.3 Å². The van der Waals surface area contributed by atoms with Crippen LogP contribution in [0.2, 0.25) is 0 Å². The second-order valence-corrected chi connectivity index (χ2v) is 3.04. The third-order valence-electron chi connectivity index (χ3n) is 1.48. The summed E-state index contributed by atoms with van der Waals surface area (Å²) in [5.41, 5.74) is 1.82. The van der Waals surface area contributed by atoms with E-state index in [-0.39, 0.29) is 5.56 Å². The quantitative estimate of drug-likeness (QED) is 0.777. The fourth-order valence-electron chi connectivity index (χ4n) is 0.878. The first kappa shape index (κ1) is 7.93. The molecular weight excluding hydrogens is 190 g/mol. The Labute approximate surface area is 77.3 Å². The number of hydrogen-bond acceptors (Lipinski definition) is 4. The van der Waals surface area contributed by atoms with Crippen molar-refractivity contribution in [3.8, 4) is 5.82 Å². The number of rotatable bonds is 2. The molecule has 0 spiro atoms. The van der Waals surface area contributed by atoms with Gasteiger partial charge < -0.3 is 5.11 Å². The van der Waals surface area contributed by atoms with E-state index in [1.54, 1.807) is 10.9 Å². The summed E-state index contributed by atoms with van der Waals surface area (Å²) in [4.78, 5) is 14.5. The Morgan fingerprint density at radius 3 is 3.00 bits per heavy atom. The normalized spacial score (nSPS) is 10.2. The van der Waals surface area contributed by atoms with Crippen molar-refractivity contribution in [1.29, 1.82) is 0 Å². The highest BCUT2D eigenvalue weighted by Gasteiger charge is 2.07. The van der Waals surface area contributed by atoms with Crippen LogP contribution in [-0.2, 0) is 0 Å². The molecule has 0 bridgehead atoms. The van der Waals surface area contributed by atoms with Crippen LogP contribution in [0.25, 0.3) is 5.82 Å². The third-order valence-corrected chi connectivity index (χ3v) is 2.06. The topological polar surface area (TPSA) is 68.0 Å². The van der Waals surface area contributed by atoms with Crippen LogP contribution in [0.3, 0.4) is 0 Å². The largest absolute Gasteiger partial charge is 0.478 e. The number of aromatic nitrogens is 3. The van der Waals surface area contributed by atoms with Crippen molar-refractivity contribution in [2.24, 2.45) is 0 Å². The van der Waals surface area contributed by atoms with E-state index in [0.29, 0.717) is 5.82 Å². The SMILES string of the molecule is O=C(O)c1cnn(-c2cscn2)c1. The van der Waals surface area contributed by atoms with Crippen molar-refractivity contribution in [3.63, 3.8) is 0 Å². The van der Waals surface area contributed by atoms with Gasteiger partial charge >= 0.3 is 5.97 Å². The Kier molecular flexibility index (Phi) is 1.82. The van der Waals surface area contributed by atoms with Crippen LogP contribution in [0.15, 0.2) is 23.3 Å². The van der Waals surface area contributed by atoms with E-state index in [1.807, 2.05) is 0 Å². The molecule has 0 aliphatic rings. The first-order valence-electron chi connectivity index (χ1n) is 3.44. The highest BCUT2D eigenvalue weighted by molar-refractivity contribution is 7.07. The van der Waals surface area contributed by atoms with Gasteiger partial charge in [0, 0.05) is 11.6 Å². The predicted molar refractivity (Wildman–Crippen MR) is 46.2 cm³/mol. The highest BCUT2D eigenvalue weighted by atomic mass is 32.1. The number of carboxylic acid groups (broad SMARTS) is 1. The summed E-state index contributed by atoms with van der Waals surface area (Å²) in [6.45, 7) is 0. The summed E-state index contributed by atoms with van der Waals surface area (Å²) in [6, 6.07) is 0. The number of carbonyl (C=O) groups is 1. The zero-order chi connectivity index (χ0) is 9.26. The smallest absolute Gasteiger partial charge is 0.338 e. The minimum absolute atomic E-state index is 0.160. The second-order valence-electron chi connectivity index (χ2n) is 2.33. The Hall–Kier alpha value is -1.69. The van der Waals surface area contributed by atoms with Gasteiger partial charge in [-0.2, -0.15) is 5.10 Å². The fourth-order valence-corrected chi connectivity index (χ4v) is 1.40. The number of hydrogen-bond donors (Lipinski definition) is 1. The first-order valence-corrected chi connectivity index (χ1v) is 4.38. The molecule has 5 nitrogen and oxygen atoms in total. The second kappa shape index (κ2) is 2.98. The van der Waals surface area contributed by atoms with Crippen LogP contribution in [0.4, 0.5) is 0 Å². The zero-order valence-electron chi connectivity index (χ0n) is 6.41. The molecule has 1 N–H and O–H groups in total. The maximum Gasteiger partial charge on any atom is 0.338 e. The molecule has 6 heteroatoms. The monoisotopic (exact) mass is 195 g/mol. The molecule has 2 aromatic rings. The lowest BCUT2D eigenvalue weighted by Gasteiger charge is -1.91. The average Bonchev–Trinajstić information content (AvgIpc) is 2.75. The maximum absolute atomic E-state index is 10.5. The molecule has 2 rings (SSSR count). The molecule has 0 aliphatic heterocycles. The lowest BCUT2D eigenvalue weighted by Crippen LogP contribution is -1.95. The number of nitrogens with zero attached hydrogens (tertiary/aromatic N) is 3. The molecule has 2 aromatic heterocycles. The molecule has 0 aromatic carbocycles. The molecule has 0 saturated carbocycles. The molecule has 0 aliphatic carbocycles. The Bertz CT molecular complexity index is 421. The van der Waals surface area contributed by atoms with Crippen molar-refractivity contribution < 1.29 is 9.90 Å². The third kappa shape index (κ3) is 1.43. The van der Waals surface area contributed by atoms with Crippen LogP contribution in [0.5, 0.6) is 0 Å². The van der Waals surface area contributed by atoms with Gasteiger partial charge in [0.2, 0.25) is 0 Å². The molecule has 0 amide bonds. The van der Waals surface area contributed by atoms with Gasteiger partial charge in [-0.25, -0.2) is 14.5 Å². The molecule has 0 saturated heterocycles. The van der Waals surface area contributed by atoms with Crippen LogP contribution >= 0.6 is 11.3 Å². The van der Waals surface area contributed by atoms with Gasteiger partial charge in [-0.1, -0.05) is 0 Å². The molecule has 2 heterocycles. The van der Waals surface area contributed by atoms with E-state index in [2.05, 4.69) is 10.1 Å². The van der Waals surface area contributed by atoms with E-state index in [4.69, 9.17) is 5.11 Å². The maximum atomic E-state index is 10.5. The molecule has 0 fully saturated rings. The molecule has 0 radical (unpaired) electrons. The van der Waals surface area contributed by atoms with E-state index in [1.165, 1.54) is 28.4 Å². The molecular formula is C7H5N3O2S. The minimum Gasteiger partial charge on any atom is -0.478 e. The standard InChI is InChI=1S/C7H5N3O2S/c11-7(12)5-1-9-10(2-5)6-3-13-4-8-6/h1-4H,(H,11,12). The lowest BCUT2D eigenvalue weighted by molar-refractivity contribution is 0.0697. The van der Waals surface area contributed by atoms with Crippen molar-refractivity contribution in [2.45, 2.75) is 0 Å². The molecule has 0 atom stereocenters. The Balaban J connectivity index is 2.39. The Morgan fingerprint density at radius 2 is 2.46 bits per heavy atom. The summed E-state index contributed by atoms with van der Waals surface area (Å²) < 4.78 is 1.43. The van der Waals surface area contributed by atoms with Crippen LogP contribution in [-0.4, -0.2) is 25.8 Å². The van der Waals surface area contributed by atoms with Crippen molar-refractivity contribution in [2.75, 3.05) is 0 Å². The molecule has 13 heavy (non-hydrogen) atoms. The van der Waals surface area contributed by atoms with E-state index >= 15 is 0 Å². The number of thiazole rings is 1. The van der Waals surface area contributed by atoms with Crippen LogP contribution in [0.1, 0.15) is 10.4 Å². The van der Waals surface area contributed by atoms with Crippen molar-refractivity contribution >= 4 is 17.3 Å². The number of carboxylic acids is 1. The predicted octanol–water partition coefficient (Wildman–Crippen LogP) is 1.03. The van der Waals surface area contributed by atoms with E-state index < -0.39 is 5.97 Å². The molecule has 0 unspecified atom stereocenters. The summed E-state index contributed by atoms with van der Waals surface area (Å²) >= 11 is 1.43. The number of aromatic carboxylic acids is 1. The highest BCUT2D eigenvalue weighted by Crippen LogP contribution is 2.07. The van der Waals surface area contributed by atoms with Crippen LogP contribution in [0, 0.1) is 0 Å². The lowest BCUT2D eigenvalue weighted by atomic mass is 10.4. The minimum atomic E-state index is -0.985. The van der Waals surface area contributed by atoms with Gasteiger partial charge in [0.05, 0.1) is 17.3 Å².